The fourth-order valence-corrected chi connectivity index (χ4v) is 6.54. The number of carbonyl (C=O) groups excluding carboxylic acids is 1. The second kappa shape index (κ2) is 10.5. The summed E-state index contributed by atoms with van der Waals surface area (Å²) in [5, 5.41) is 0. The normalized spacial score (nSPS) is 32.2. The Morgan fingerprint density at radius 3 is 2.27 bits per heavy atom. The summed E-state index contributed by atoms with van der Waals surface area (Å²) < 4.78 is 62.2. The van der Waals surface area contributed by atoms with Gasteiger partial charge in [0.2, 0.25) is 11.6 Å². The quantitative estimate of drug-likeness (QED) is 0.190. The van der Waals surface area contributed by atoms with Crippen LogP contribution in [0.2, 0.25) is 0 Å². The van der Waals surface area contributed by atoms with Crippen molar-refractivity contribution in [2.24, 2.45) is 35.5 Å². The second-order valence-corrected chi connectivity index (χ2v) is 9.93. The zero-order valence-electron chi connectivity index (χ0n) is 18.8. The first-order valence-electron chi connectivity index (χ1n) is 12.1. The van der Waals surface area contributed by atoms with Gasteiger partial charge in [-0.2, -0.15) is 17.6 Å². The van der Waals surface area contributed by atoms with Gasteiger partial charge in [0.1, 0.15) is 0 Å². The monoisotopic (exact) mass is 468 g/mol. The third kappa shape index (κ3) is 5.38. The molecule has 1 aromatic carbocycles. The van der Waals surface area contributed by atoms with Crippen LogP contribution in [0.3, 0.4) is 0 Å². The zero-order valence-corrected chi connectivity index (χ0v) is 18.8. The first-order valence-corrected chi connectivity index (χ1v) is 12.1. The number of alkyl halides is 2. The molecule has 33 heavy (non-hydrogen) atoms. The van der Waals surface area contributed by atoms with E-state index in [0.717, 1.165) is 50.2 Å². The Hall–Kier alpha value is -2.05. The number of esters is 1. The number of hydrogen-bond donors (Lipinski definition) is 0. The molecule has 182 valence electrons. The van der Waals surface area contributed by atoms with Crippen LogP contribution in [0, 0.1) is 47.1 Å². The smallest absolute Gasteiger partial charge is 0.387 e. The van der Waals surface area contributed by atoms with Crippen LogP contribution in [0.1, 0.15) is 64.2 Å². The van der Waals surface area contributed by atoms with E-state index in [0.29, 0.717) is 24.2 Å². The number of fused-ring (bicyclic) bond motifs is 1. The van der Waals surface area contributed by atoms with E-state index in [1.54, 1.807) is 0 Å². The molecule has 1 aromatic rings. The molecule has 4 unspecified atom stereocenters. The van der Waals surface area contributed by atoms with Gasteiger partial charge in [0.05, 0.1) is 5.92 Å². The van der Waals surface area contributed by atoms with Crippen LogP contribution >= 0.6 is 0 Å². The molecule has 0 aromatic heterocycles. The number of rotatable bonds is 6. The van der Waals surface area contributed by atoms with Crippen molar-refractivity contribution in [1.29, 1.82) is 0 Å². The van der Waals surface area contributed by atoms with Crippen LogP contribution < -0.4 is 9.47 Å². The molecule has 0 heterocycles. The predicted octanol–water partition coefficient (Wildman–Crippen LogP) is 7.30. The lowest BCUT2D eigenvalue weighted by atomic mass is 9.59. The van der Waals surface area contributed by atoms with Gasteiger partial charge in [-0.15, -0.1) is 6.58 Å². The minimum absolute atomic E-state index is 0.196. The van der Waals surface area contributed by atoms with E-state index in [4.69, 9.17) is 4.74 Å². The number of halogens is 4. The van der Waals surface area contributed by atoms with Crippen LogP contribution in [0.5, 0.6) is 11.5 Å². The molecule has 0 bridgehead atoms. The SMILES string of the molecule is C=CC1CCC(C2CCC3C(CCCC3C(=O)Oc3ccc(OC(F)F)c(F)c3F)C2)CC1. The second-order valence-electron chi connectivity index (χ2n) is 9.93. The molecule has 3 saturated carbocycles. The molecular weight excluding hydrogens is 436 g/mol. The third-order valence-corrected chi connectivity index (χ3v) is 8.25. The molecule has 0 N–H and O–H groups in total. The van der Waals surface area contributed by atoms with E-state index in [9.17, 15) is 22.4 Å². The van der Waals surface area contributed by atoms with Crippen LogP contribution in [0.25, 0.3) is 0 Å². The lowest BCUT2D eigenvalue weighted by Crippen LogP contribution is -2.40. The summed E-state index contributed by atoms with van der Waals surface area (Å²) in [7, 11) is 0. The van der Waals surface area contributed by atoms with Gasteiger partial charge < -0.3 is 9.47 Å². The topological polar surface area (TPSA) is 35.5 Å². The standard InChI is InChI=1S/C26H32F4O3/c1-2-15-6-8-16(9-7-15)17-10-11-19-18(14-17)4-3-5-20(19)25(31)32-21-12-13-22(33-26(29)30)24(28)23(21)27/h2,12-13,15-20,26H,1,3-11,14H2. The first-order chi connectivity index (χ1) is 15.9. The fourth-order valence-electron chi connectivity index (χ4n) is 6.54. The molecular formula is C26H32F4O3. The van der Waals surface area contributed by atoms with Crippen LogP contribution in [-0.4, -0.2) is 12.6 Å². The Morgan fingerprint density at radius 2 is 1.58 bits per heavy atom. The molecule has 4 atom stereocenters. The van der Waals surface area contributed by atoms with Gasteiger partial charge >= 0.3 is 12.6 Å². The van der Waals surface area contributed by atoms with Crippen LogP contribution in [0.4, 0.5) is 17.6 Å². The highest BCUT2D eigenvalue weighted by Crippen LogP contribution is 2.50. The Balaban J connectivity index is 1.38. The summed E-state index contributed by atoms with van der Waals surface area (Å²) in [6.07, 6.45) is 12.9. The average molecular weight is 469 g/mol. The lowest BCUT2D eigenvalue weighted by Gasteiger charge is -2.45. The Labute approximate surface area is 192 Å². The molecule has 3 aliphatic carbocycles. The number of ether oxygens (including phenoxy) is 2. The van der Waals surface area contributed by atoms with Gasteiger partial charge in [-0.25, -0.2) is 0 Å². The molecule has 3 nitrogen and oxygen atoms in total. The molecule has 0 spiro atoms. The highest BCUT2D eigenvalue weighted by atomic mass is 19.3. The summed E-state index contributed by atoms with van der Waals surface area (Å²) in [6.45, 7) is 0.653. The zero-order chi connectivity index (χ0) is 23.5. The molecule has 7 heteroatoms. The van der Waals surface area contributed by atoms with Gasteiger partial charge in [0.15, 0.2) is 11.5 Å². The van der Waals surface area contributed by atoms with E-state index in [-0.39, 0.29) is 11.8 Å². The highest BCUT2D eigenvalue weighted by Gasteiger charge is 2.43. The fraction of sp³-hybridized carbons (Fsp3) is 0.654. The number of benzene rings is 1. The first kappa shape index (κ1) is 24.1. The largest absolute Gasteiger partial charge is 0.432 e. The van der Waals surface area contributed by atoms with Gasteiger partial charge in [0.25, 0.3) is 0 Å². The van der Waals surface area contributed by atoms with Crippen molar-refractivity contribution < 1.29 is 31.8 Å². The number of allylic oxidation sites excluding steroid dienone is 1. The molecule has 3 aliphatic rings. The molecule has 3 fully saturated rings. The van der Waals surface area contributed by atoms with Crippen molar-refractivity contribution in [2.75, 3.05) is 0 Å². The van der Waals surface area contributed by atoms with Gasteiger partial charge in [-0.3, -0.25) is 4.79 Å². The molecule has 0 saturated heterocycles. The summed E-state index contributed by atoms with van der Waals surface area (Å²) >= 11 is 0. The molecule has 0 radical (unpaired) electrons. The minimum atomic E-state index is -3.28. The van der Waals surface area contributed by atoms with Crippen LogP contribution in [0.15, 0.2) is 24.8 Å². The van der Waals surface area contributed by atoms with Crippen molar-refractivity contribution in [3.05, 3.63) is 36.4 Å². The summed E-state index contributed by atoms with van der Waals surface area (Å²) in [6, 6.07) is 1.81. The third-order valence-electron chi connectivity index (χ3n) is 8.25. The van der Waals surface area contributed by atoms with Crippen LogP contribution in [-0.2, 0) is 4.79 Å². The highest BCUT2D eigenvalue weighted by molar-refractivity contribution is 5.75. The number of hydrogen-bond acceptors (Lipinski definition) is 3. The van der Waals surface area contributed by atoms with Gasteiger partial charge in [0, 0.05) is 0 Å². The van der Waals surface area contributed by atoms with Crippen molar-refractivity contribution in [3.8, 4) is 11.5 Å². The molecule has 0 aliphatic heterocycles. The van der Waals surface area contributed by atoms with E-state index in [2.05, 4.69) is 17.4 Å². The molecule has 4 rings (SSSR count). The van der Waals surface area contributed by atoms with Crippen molar-refractivity contribution in [2.45, 2.75) is 70.8 Å². The summed E-state index contributed by atoms with van der Waals surface area (Å²) in [5.41, 5.74) is 0. The summed E-state index contributed by atoms with van der Waals surface area (Å²) in [4.78, 5) is 12.9. The Morgan fingerprint density at radius 1 is 0.909 bits per heavy atom. The predicted molar refractivity (Wildman–Crippen MR) is 116 cm³/mol. The Bertz CT molecular complexity index is 850. The van der Waals surface area contributed by atoms with Crippen molar-refractivity contribution in [3.63, 3.8) is 0 Å². The van der Waals surface area contributed by atoms with E-state index < -0.39 is 35.7 Å². The average Bonchev–Trinajstić information content (AvgIpc) is 2.82. The lowest BCUT2D eigenvalue weighted by molar-refractivity contribution is -0.144. The van der Waals surface area contributed by atoms with E-state index in [1.807, 2.05) is 0 Å². The van der Waals surface area contributed by atoms with E-state index in [1.165, 1.54) is 25.7 Å². The summed E-state index contributed by atoms with van der Waals surface area (Å²) in [5.74, 6) is -2.75. The van der Waals surface area contributed by atoms with Gasteiger partial charge in [-0.05, 0) is 93.1 Å². The maximum atomic E-state index is 14.3. The number of carbonyl (C=O) groups is 1. The maximum absolute atomic E-state index is 14.3. The molecule has 0 amide bonds. The van der Waals surface area contributed by atoms with Gasteiger partial charge in [-0.1, -0.05) is 18.9 Å². The van der Waals surface area contributed by atoms with Crippen molar-refractivity contribution >= 4 is 5.97 Å². The Kier molecular flexibility index (Phi) is 7.65. The minimum Gasteiger partial charge on any atom is -0.432 e. The van der Waals surface area contributed by atoms with E-state index >= 15 is 0 Å². The van der Waals surface area contributed by atoms with Crippen molar-refractivity contribution in [1.82, 2.24) is 0 Å². The maximum Gasteiger partial charge on any atom is 0.387 e.